The van der Waals surface area contributed by atoms with Crippen LogP contribution in [0.4, 0.5) is 10.1 Å². The maximum absolute atomic E-state index is 13.5. The van der Waals surface area contributed by atoms with E-state index in [9.17, 15) is 19.6 Å². The van der Waals surface area contributed by atoms with Crippen LogP contribution in [0.2, 0.25) is 0 Å². The Labute approximate surface area is 115 Å². The Morgan fingerprint density at radius 3 is 2.80 bits per heavy atom. The SMILES string of the molecule is CCC(O)c1ccn(Cc2ccc([N+](=O)[O-])c(F)c2)c1. The van der Waals surface area contributed by atoms with Gasteiger partial charge >= 0.3 is 5.69 Å². The summed E-state index contributed by atoms with van der Waals surface area (Å²) in [5.41, 5.74) is 0.902. The van der Waals surface area contributed by atoms with Crippen LogP contribution in [-0.2, 0) is 6.54 Å². The van der Waals surface area contributed by atoms with Crippen LogP contribution in [0.5, 0.6) is 0 Å². The number of rotatable bonds is 5. The number of hydrogen-bond acceptors (Lipinski definition) is 3. The topological polar surface area (TPSA) is 68.3 Å². The summed E-state index contributed by atoms with van der Waals surface area (Å²) in [5.74, 6) is -0.839. The van der Waals surface area contributed by atoms with Gasteiger partial charge in [-0.25, -0.2) is 0 Å². The normalized spacial score (nSPS) is 12.3. The number of benzene rings is 1. The predicted octanol–water partition coefficient (Wildman–Crippen LogP) is 3.03. The molecule has 1 N–H and O–H groups in total. The smallest absolute Gasteiger partial charge is 0.304 e. The van der Waals surface area contributed by atoms with Crippen LogP contribution in [0.3, 0.4) is 0 Å². The van der Waals surface area contributed by atoms with E-state index in [-0.39, 0.29) is 0 Å². The lowest BCUT2D eigenvalue weighted by molar-refractivity contribution is -0.387. The molecular weight excluding hydrogens is 263 g/mol. The molecule has 20 heavy (non-hydrogen) atoms. The van der Waals surface area contributed by atoms with Crippen molar-refractivity contribution in [3.8, 4) is 0 Å². The fraction of sp³-hybridized carbons (Fsp3) is 0.286. The van der Waals surface area contributed by atoms with Gasteiger partial charge in [0.05, 0.1) is 11.0 Å². The highest BCUT2D eigenvalue weighted by Gasteiger charge is 2.14. The van der Waals surface area contributed by atoms with E-state index in [0.29, 0.717) is 18.5 Å². The zero-order valence-corrected chi connectivity index (χ0v) is 11.0. The highest BCUT2D eigenvalue weighted by atomic mass is 19.1. The molecule has 1 unspecified atom stereocenters. The first-order chi connectivity index (χ1) is 9.51. The van der Waals surface area contributed by atoms with E-state index in [1.807, 2.05) is 6.92 Å². The Bertz CT molecular complexity index is 625. The van der Waals surface area contributed by atoms with Gasteiger partial charge in [-0.05, 0) is 29.7 Å². The minimum Gasteiger partial charge on any atom is -0.388 e. The monoisotopic (exact) mass is 278 g/mol. The van der Waals surface area contributed by atoms with Crippen LogP contribution in [-0.4, -0.2) is 14.6 Å². The summed E-state index contributed by atoms with van der Waals surface area (Å²) in [6.07, 6.45) is 3.68. The summed E-state index contributed by atoms with van der Waals surface area (Å²) >= 11 is 0. The molecule has 2 aromatic rings. The van der Waals surface area contributed by atoms with Gasteiger partial charge in [-0.3, -0.25) is 10.1 Å². The summed E-state index contributed by atoms with van der Waals surface area (Å²) in [7, 11) is 0. The van der Waals surface area contributed by atoms with E-state index in [2.05, 4.69) is 0 Å². The number of aromatic nitrogens is 1. The van der Waals surface area contributed by atoms with Gasteiger partial charge in [-0.15, -0.1) is 0 Å². The third-order valence-electron chi connectivity index (χ3n) is 3.12. The van der Waals surface area contributed by atoms with Gasteiger partial charge in [0.1, 0.15) is 0 Å². The van der Waals surface area contributed by atoms with Gasteiger partial charge in [0, 0.05) is 25.0 Å². The Kier molecular flexibility index (Phi) is 4.14. The van der Waals surface area contributed by atoms with Gasteiger partial charge in [-0.1, -0.05) is 13.0 Å². The molecule has 1 aromatic heterocycles. The van der Waals surface area contributed by atoms with Crippen molar-refractivity contribution in [3.05, 3.63) is 63.7 Å². The lowest BCUT2D eigenvalue weighted by Gasteiger charge is -2.05. The molecule has 5 nitrogen and oxygen atoms in total. The maximum Gasteiger partial charge on any atom is 0.304 e. The van der Waals surface area contributed by atoms with Gasteiger partial charge < -0.3 is 9.67 Å². The Morgan fingerprint density at radius 2 is 2.20 bits per heavy atom. The number of aliphatic hydroxyl groups is 1. The average Bonchev–Trinajstić information content (AvgIpc) is 2.86. The van der Waals surface area contributed by atoms with Crippen LogP contribution in [0.1, 0.15) is 30.6 Å². The molecule has 0 saturated heterocycles. The Morgan fingerprint density at radius 1 is 1.45 bits per heavy atom. The molecule has 0 aliphatic heterocycles. The summed E-state index contributed by atoms with van der Waals surface area (Å²) in [6, 6.07) is 5.65. The first kappa shape index (κ1) is 14.2. The fourth-order valence-electron chi connectivity index (χ4n) is 2.00. The van der Waals surface area contributed by atoms with E-state index in [0.717, 1.165) is 17.7 Å². The van der Waals surface area contributed by atoms with Gasteiger partial charge in [0.2, 0.25) is 5.82 Å². The van der Waals surface area contributed by atoms with Gasteiger partial charge in [0.25, 0.3) is 0 Å². The van der Waals surface area contributed by atoms with Crippen molar-refractivity contribution in [3.63, 3.8) is 0 Å². The number of hydrogen-bond donors (Lipinski definition) is 1. The summed E-state index contributed by atoms with van der Waals surface area (Å²) in [4.78, 5) is 9.79. The molecule has 0 bridgehead atoms. The van der Waals surface area contributed by atoms with E-state index < -0.39 is 22.5 Å². The van der Waals surface area contributed by atoms with Crippen LogP contribution in [0.15, 0.2) is 36.7 Å². The van der Waals surface area contributed by atoms with Gasteiger partial charge in [0.15, 0.2) is 0 Å². The second-order valence-electron chi connectivity index (χ2n) is 4.58. The van der Waals surface area contributed by atoms with Crippen molar-refractivity contribution < 1.29 is 14.4 Å². The lowest BCUT2D eigenvalue weighted by Crippen LogP contribution is -2.00. The van der Waals surface area contributed by atoms with Gasteiger partial charge in [-0.2, -0.15) is 4.39 Å². The molecule has 1 heterocycles. The zero-order chi connectivity index (χ0) is 14.7. The first-order valence-electron chi connectivity index (χ1n) is 6.27. The molecule has 0 aliphatic rings. The number of nitro groups is 1. The summed E-state index contributed by atoms with van der Waals surface area (Å²) < 4.78 is 15.3. The molecule has 0 spiro atoms. The third kappa shape index (κ3) is 3.03. The summed E-state index contributed by atoms with van der Waals surface area (Å²) in [6.45, 7) is 2.28. The second-order valence-corrected chi connectivity index (χ2v) is 4.58. The molecule has 0 aliphatic carbocycles. The second kappa shape index (κ2) is 5.83. The standard InChI is InChI=1S/C14H15FN2O3/c1-2-14(18)11-5-6-16(9-11)8-10-3-4-13(17(19)20)12(15)7-10/h3-7,9,14,18H,2,8H2,1H3. The van der Waals surface area contributed by atoms with E-state index in [1.54, 1.807) is 23.0 Å². The molecular formula is C14H15FN2O3. The number of halogens is 1. The number of nitrogens with zero attached hydrogens (tertiary/aromatic N) is 2. The molecule has 0 amide bonds. The van der Waals surface area contributed by atoms with E-state index >= 15 is 0 Å². The van der Waals surface area contributed by atoms with E-state index in [4.69, 9.17) is 0 Å². The van der Waals surface area contributed by atoms with Crippen LogP contribution in [0.25, 0.3) is 0 Å². The molecule has 2 rings (SSSR count). The van der Waals surface area contributed by atoms with Crippen molar-refractivity contribution in [2.24, 2.45) is 0 Å². The summed E-state index contributed by atoms with van der Waals surface area (Å²) in [5, 5.41) is 20.2. The molecule has 1 aromatic carbocycles. The largest absolute Gasteiger partial charge is 0.388 e. The van der Waals surface area contributed by atoms with Crippen molar-refractivity contribution in [2.75, 3.05) is 0 Å². The minimum absolute atomic E-state index is 0.394. The van der Waals surface area contributed by atoms with Crippen LogP contribution < -0.4 is 0 Å². The molecule has 6 heteroatoms. The molecule has 1 atom stereocenters. The van der Waals surface area contributed by atoms with Crippen LogP contribution in [0, 0.1) is 15.9 Å². The van der Waals surface area contributed by atoms with Crippen molar-refractivity contribution >= 4 is 5.69 Å². The maximum atomic E-state index is 13.5. The number of nitro benzene ring substituents is 1. The van der Waals surface area contributed by atoms with Crippen molar-refractivity contribution in [1.29, 1.82) is 0 Å². The number of aliphatic hydroxyl groups excluding tert-OH is 1. The predicted molar refractivity (Wildman–Crippen MR) is 71.8 cm³/mol. The third-order valence-corrected chi connectivity index (χ3v) is 3.12. The molecule has 0 radical (unpaired) electrons. The first-order valence-corrected chi connectivity index (χ1v) is 6.27. The average molecular weight is 278 g/mol. The van der Waals surface area contributed by atoms with E-state index in [1.165, 1.54) is 6.07 Å². The lowest BCUT2D eigenvalue weighted by atomic mass is 10.1. The van der Waals surface area contributed by atoms with Crippen molar-refractivity contribution in [1.82, 2.24) is 4.57 Å². The zero-order valence-electron chi connectivity index (χ0n) is 11.0. The molecule has 106 valence electrons. The Hall–Kier alpha value is -2.21. The molecule has 0 fully saturated rings. The van der Waals surface area contributed by atoms with Crippen LogP contribution >= 0.6 is 0 Å². The Balaban J connectivity index is 2.16. The van der Waals surface area contributed by atoms with Crippen molar-refractivity contribution in [2.45, 2.75) is 26.0 Å². The fourth-order valence-corrected chi connectivity index (χ4v) is 2.00. The quantitative estimate of drug-likeness (QED) is 0.675. The minimum atomic E-state index is -0.839. The highest BCUT2D eigenvalue weighted by Crippen LogP contribution is 2.20. The highest BCUT2D eigenvalue weighted by molar-refractivity contribution is 5.35. The molecule has 0 saturated carbocycles.